The molecule has 0 aliphatic carbocycles. The second-order valence-corrected chi connectivity index (χ2v) is 8.48. The first-order valence-electron chi connectivity index (χ1n) is 8.98. The number of carbonyl (C=O) groups excluding carboxylic acids is 1. The minimum absolute atomic E-state index is 0.399. The van der Waals surface area contributed by atoms with Gasteiger partial charge in [0, 0.05) is 31.6 Å². The number of nitrogens with one attached hydrogen (secondary N) is 1. The van der Waals surface area contributed by atoms with Crippen LogP contribution in [0.15, 0.2) is 29.4 Å². The Morgan fingerprint density at radius 1 is 1.30 bits per heavy atom. The summed E-state index contributed by atoms with van der Waals surface area (Å²) in [7, 11) is -1.62. The summed E-state index contributed by atoms with van der Waals surface area (Å²) >= 11 is 0. The van der Waals surface area contributed by atoms with E-state index in [-0.39, 0.29) is 0 Å². The maximum atomic E-state index is 12.5. The molecule has 0 unspecified atom stereocenters. The van der Waals surface area contributed by atoms with Gasteiger partial charge in [0.2, 0.25) is 10.0 Å². The van der Waals surface area contributed by atoms with Crippen molar-refractivity contribution in [2.75, 3.05) is 37.3 Å². The molecule has 0 saturated carbocycles. The lowest BCUT2D eigenvalue weighted by molar-refractivity contribution is -0.121. The Morgan fingerprint density at radius 3 is 2.41 bits per heavy atom. The summed E-state index contributed by atoms with van der Waals surface area (Å²) in [6.07, 6.45) is 2.66. The molecule has 8 nitrogen and oxygen atoms in total. The summed E-state index contributed by atoms with van der Waals surface area (Å²) in [5.74, 6) is 0.168. The van der Waals surface area contributed by atoms with Crippen LogP contribution in [-0.2, 0) is 14.8 Å². The van der Waals surface area contributed by atoms with Crippen LogP contribution in [0.4, 0.5) is 5.69 Å². The van der Waals surface area contributed by atoms with Gasteiger partial charge in [0.05, 0.1) is 18.6 Å². The number of hydrogen-bond donors (Lipinski definition) is 1. The molecule has 0 spiro atoms. The molecule has 1 aliphatic heterocycles. The van der Waals surface area contributed by atoms with E-state index in [0.717, 1.165) is 42.2 Å². The average molecular weight is 397 g/mol. The third-order valence-electron chi connectivity index (χ3n) is 4.38. The van der Waals surface area contributed by atoms with Crippen LogP contribution < -0.4 is 14.5 Å². The molecule has 1 N–H and O–H groups in total. The first-order valence-corrected chi connectivity index (χ1v) is 10.8. The summed E-state index contributed by atoms with van der Waals surface area (Å²) in [5, 5.41) is 4.18. The largest absolute Gasteiger partial charge is 0.494 e. The summed E-state index contributed by atoms with van der Waals surface area (Å²) in [5.41, 5.74) is 3.84. The second-order valence-electron chi connectivity index (χ2n) is 6.62. The molecule has 1 aromatic carbocycles. The van der Waals surface area contributed by atoms with E-state index in [9.17, 15) is 13.2 Å². The van der Waals surface area contributed by atoms with Crippen molar-refractivity contribution in [2.45, 2.75) is 32.7 Å². The number of amides is 1. The Balaban J connectivity index is 2.13. The number of benzene rings is 1. The lowest BCUT2D eigenvalue weighted by atomic mass is 10.1. The van der Waals surface area contributed by atoms with Gasteiger partial charge in [-0.15, -0.1) is 0 Å². The zero-order valence-electron chi connectivity index (χ0n) is 16.3. The molecule has 1 amide bonds. The minimum Gasteiger partial charge on any atom is -0.494 e. The SMILES string of the molecule is CCOc1ccc(N([C@@H](C)C(=O)NN=C2CCN(C)CC2)S(C)(=O)=O)cc1. The van der Waals surface area contributed by atoms with Crippen molar-refractivity contribution in [3.05, 3.63) is 24.3 Å². The molecule has 0 bridgehead atoms. The lowest BCUT2D eigenvalue weighted by Crippen LogP contribution is -2.47. The van der Waals surface area contributed by atoms with Gasteiger partial charge in [-0.05, 0) is 45.2 Å². The van der Waals surface area contributed by atoms with E-state index < -0.39 is 22.0 Å². The average Bonchev–Trinajstić information content (AvgIpc) is 2.61. The predicted molar refractivity (Wildman–Crippen MR) is 107 cm³/mol. The maximum Gasteiger partial charge on any atom is 0.263 e. The molecule has 150 valence electrons. The van der Waals surface area contributed by atoms with E-state index in [1.165, 1.54) is 0 Å². The van der Waals surface area contributed by atoms with Gasteiger partial charge in [-0.1, -0.05) is 0 Å². The van der Waals surface area contributed by atoms with Gasteiger partial charge in [-0.3, -0.25) is 9.10 Å². The van der Waals surface area contributed by atoms with Crippen LogP contribution in [0.25, 0.3) is 0 Å². The molecule has 1 aromatic rings. The number of piperidine rings is 1. The highest BCUT2D eigenvalue weighted by Gasteiger charge is 2.29. The number of sulfonamides is 1. The van der Waals surface area contributed by atoms with Gasteiger partial charge in [0.1, 0.15) is 11.8 Å². The normalized spacial score (nSPS) is 16.5. The molecular weight excluding hydrogens is 368 g/mol. The van der Waals surface area contributed by atoms with E-state index in [2.05, 4.69) is 15.4 Å². The van der Waals surface area contributed by atoms with Crippen LogP contribution in [0.3, 0.4) is 0 Å². The number of ether oxygens (including phenoxy) is 1. The standard InChI is InChI=1S/C18H28N4O4S/c1-5-26-17-8-6-16(7-9-17)22(27(4,24)25)14(2)18(23)20-19-15-10-12-21(3)13-11-15/h6-9,14H,5,10-13H2,1-4H3,(H,20,23)/t14-/m0/s1. The topological polar surface area (TPSA) is 91.3 Å². The summed E-state index contributed by atoms with van der Waals surface area (Å²) in [4.78, 5) is 14.7. The Kier molecular flexibility index (Phi) is 7.20. The van der Waals surface area contributed by atoms with E-state index >= 15 is 0 Å². The van der Waals surface area contributed by atoms with Gasteiger partial charge in [0.15, 0.2) is 0 Å². The van der Waals surface area contributed by atoms with Crippen LogP contribution in [0.1, 0.15) is 26.7 Å². The third kappa shape index (κ3) is 5.93. The van der Waals surface area contributed by atoms with Crippen LogP contribution in [0, 0.1) is 0 Å². The Morgan fingerprint density at radius 2 is 1.89 bits per heavy atom. The highest BCUT2D eigenvalue weighted by molar-refractivity contribution is 7.92. The van der Waals surface area contributed by atoms with Gasteiger partial charge in [-0.25, -0.2) is 13.8 Å². The van der Waals surface area contributed by atoms with Crippen LogP contribution >= 0.6 is 0 Å². The molecule has 0 aromatic heterocycles. The number of anilines is 1. The van der Waals surface area contributed by atoms with Gasteiger partial charge in [0.25, 0.3) is 5.91 Å². The molecule has 27 heavy (non-hydrogen) atoms. The van der Waals surface area contributed by atoms with E-state index in [1.807, 2.05) is 14.0 Å². The molecule has 1 fully saturated rings. The number of rotatable bonds is 7. The van der Waals surface area contributed by atoms with Crippen molar-refractivity contribution < 1.29 is 17.9 Å². The molecule has 1 saturated heterocycles. The lowest BCUT2D eigenvalue weighted by Gasteiger charge is -2.28. The monoisotopic (exact) mass is 396 g/mol. The molecule has 1 heterocycles. The van der Waals surface area contributed by atoms with Crippen molar-refractivity contribution >= 4 is 27.3 Å². The van der Waals surface area contributed by atoms with Gasteiger partial charge < -0.3 is 9.64 Å². The summed E-state index contributed by atoms with van der Waals surface area (Å²) < 4.78 is 31.1. The third-order valence-corrected chi connectivity index (χ3v) is 5.62. The Hall–Kier alpha value is -2.13. The Bertz CT molecular complexity index is 767. The number of hydrazone groups is 1. The fourth-order valence-electron chi connectivity index (χ4n) is 2.88. The molecule has 1 atom stereocenters. The molecule has 9 heteroatoms. The zero-order chi connectivity index (χ0) is 20.0. The number of likely N-dealkylation sites (tertiary alicyclic amines) is 1. The van der Waals surface area contributed by atoms with Crippen molar-refractivity contribution in [3.63, 3.8) is 0 Å². The molecule has 2 rings (SSSR count). The summed E-state index contributed by atoms with van der Waals surface area (Å²) in [6.45, 7) is 5.72. The van der Waals surface area contributed by atoms with E-state index in [0.29, 0.717) is 18.0 Å². The van der Waals surface area contributed by atoms with Crippen LogP contribution in [0.2, 0.25) is 0 Å². The van der Waals surface area contributed by atoms with Crippen molar-refractivity contribution in [2.24, 2.45) is 5.10 Å². The van der Waals surface area contributed by atoms with Crippen LogP contribution in [0.5, 0.6) is 5.75 Å². The second kappa shape index (κ2) is 9.18. The van der Waals surface area contributed by atoms with E-state index in [4.69, 9.17) is 4.74 Å². The fourth-order valence-corrected chi connectivity index (χ4v) is 4.06. The molecule has 0 radical (unpaired) electrons. The number of hydrogen-bond acceptors (Lipinski definition) is 6. The minimum atomic E-state index is -3.66. The first-order chi connectivity index (χ1) is 12.7. The maximum absolute atomic E-state index is 12.5. The van der Waals surface area contributed by atoms with Crippen LogP contribution in [-0.4, -0.2) is 64.0 Å². The molecule has 1 aliphatic rings. The highest BCUT2D eigenvalue weighted by atomic mass is 32.2. The zero-order valence-corrected chi connectivity index (χ0v) is 17.1. The highest BCUT2D eigenvalue weighted by Crippen LogP contribution is 2.24. The predicted octanol–water partition coefficient (Wildman–Crippen LogP) is 1.44. The van der Waals surface area contributed by atoms with Crippen molar-refractivity contribution in [3.8, 4) is 5.75 Å². The summed E-state index contributed by atoms with van der Waals surface area (Å²) in [6, 6.07) is 5.67. The van der Waals surface area contributed by atoms with E-state index in [1.54, 1.807) is 31.2 Å². The number of carbonyl (C=O) groups is 1. The van der Waals surface area contributed by atoms with Gasteiger partial charge in [-0.2, -0.15) is 5.10 Å². The molecular formula is C18H28N4O4S. The van der Waals surface area contributed by atoms with Gasteiger partial charge >= 0.3 is 0 Å². The number of nitrogens with zero attached hydrogens (tertiary/aromatic N) is 3. The van der Waals surface area contributed by atoms with Crippen molar-refractivity contribution in [1.29, 1.82) is 0 Å². The first kappa shape index (κ1) is 21.2. The smallest absolute Gasteiger partial charge is 0.263 e. The quantitative estimate of drug-likeness (QED) is 0.704. The fraction of sp³-hybridized carbons (Fsp3) is 0.556. The van der Waals surface area contributed by atoms with Crippen molar-refractivity contribution in [1.82, 2.24) is 10.3 Å². The Labute approximate surface area is 161 Å².